The van der Waals surface area contributed by atoms with Crippen molar-refractivity contribution < 1.29 is 21.2 Å². The first-order chi connectivity index (χ1) is 11.2. The quantitative estimate of drug-likeness (QED) is 0.326. The summed E-state index contributed by atoms with van der Waals surface area (Å²) in [6, 6.07) is 7.59. The fourth-order valence-corrected chi connectivity index (χ4v) is 3.16. The van der Waals surface area contributed by atoms with Crippen molar-refractivity contribution in [3.05, 3.63) is 41.2 Å². The van der Waals surface area contributed by atoms with Crippen molar-refractivity contribution in [2.75, 3.05) is 31.1 Å². The number of rotatable bonds is 5. The molecule has 1 aliphatic rings. The molecule has 0 bridgehead atoms. The first kappa shape index (κ1) is 16.7. The van der Waals surface area contributed by atoms with Gasteiger partial charge in [-0.3, -0.25) is 0 Å². The van der Waals surface area contributed by atoms with Gasteiger partial charge < -0.3 is 0 Å². The third kappa shape index (κ3) is 4.65. The fraction of sp³-hybridized carbons (Fsp3) is 0.400. The van der Waals surface area contributed by atoms with Gasteiger partial charge in [-0.05, 0) is 12.1 Å². The summed E-state index contributed by atoms with van der Waals surface area (Å²) >= 11 is 6.04. The van der Waals surface area contributed by atoms with E-state index >= 15 is 0 Å². The minimum atomic E-state index is 0.130. The van der Waals surface area contributed by atoms with Gasteiger partial charge in [0.15, 0.2) is 0 Å². The number of halogens is 2. The number of alkyl halides is 1. The van der Waals surface area contributed by atoms with E-state index in [1.807, 2.05) is 30.5 Å². The summed E-state index contributed by atoms with van der Waals surface area (Å²) in [6.07, 6.45) is 1.98. The minimum absolute atomic E-state index is 0.130. The van der Waals surface area contributed by atoms with Crippen molar-refractivity contribution in [2.24, 2.45) is 5.10 Å². The molecular weight excluding hydrogens is 427 g/mol. The van der Waals surface area contributed by atoms with Crippen molar-refractivity contribution in [3.63, 3.8) is 0 Å². The molecule has 1 saturated heterocycles. The van der Waals surface area contributed by atoms with E-state index in [-0.39, 0.29) is 21.2 Å². The van der Waals surface area contributed by atoms with Crippen LogP contribution < -0.4 is 21.2 Å². The third-order valence-electron chi connectivity index (χ3n) is 3.67. The van der Waals surface area contributed by atoms with Crippen molar-refractivity contribution in [2.45, 2.75) is 6.54 Å². The Labute approximate surface area is 151 Å². The number of piperazine rings is 1. The molecule has 0 atom stereocenters. The predicted molar refractivity (Wildman–Crippen MR) is 87.6 cm³/mol. The Bertz CT molecular complexity index is 648. The molecule has 0 saturated carbocycles. The Morgan fingerprint density at radius 2 is 1.96 bits per heavy atom. The van der Waals surface area contributed by atoms with E-state index in [0.29, 0.717) is 0 Å². The van der Waals surface area contributed by atoms with Crippen LogP contribution in [0.1, 0.15) is 5.69 Å². The molecule has 1 aliphatic heterocycles. The van der Waals surface area contributed by atoms with E-state index in [0.717, 1.165) is 49.1 Å². The van der Waals surface area contributed by atoms with Crippen LogP contribution in [0.4, 0.5) is 0 Å². The van der Waals surface area contributed by atoms with Gasteiger partial charge in [0.1, 0.15) is 0 Å². The summed E-state index contributed by atoms with van der Waals surface area (Å²) in [5, 5.41) is 15.8. The van der Waals surface area contributed by atoms with Crippen LogP contribution >= 0.6 is 11.6 Å². The van der Waals surface area contributed by atoms with E-state index in [1.54, 1.807) is 4.68 Å². The number of benzene rings is 1. The van der Waals surface area contributed by atoms with Gasteiger partial charge in [-0.2, -0.15) is 0 Å². The summed E-state index contributed by atoms with van der Waals surface area (Å²) in [7, 11) is 0. The normalized spacial score (nSPS) is 16.5. The van der Waals surface area contributed by atoms with Gasteiger partial charge >= 0.3 is 123 Å². The molecule has 1 aromatic carbocycles. The molecule has 2 aromatic rings. The summed E-state index contributed by atoms with van der Waals surface area (Å²) < 4.78 is 3.86. The van der Waals surface area contributed by atoms with E-state index in [1.165, 1.54) is 0 Å². The Hall–Kier alpha value is -1.19. The summed E-state index contributed by atoms with van der Waals surface area (Å²) in [4.78, 5) is 4.60. The molecule has 0 aliphatic carbocycles. The first-order valence-corrected chi connectivity index (χ1v) is 11.2. The SMILES string of the molecule is C[I-]/C=N/N1CCN(Cc2cn(-c3ccc(Cl)cc3)nn2)CC1. The van der Waals surface area contributed by atoms with Crippen molar-refractivity contribution in [3.8, 4) is 5.69 Å². The zero-order valence-electron chi connectivity index (χ0n) is 12.9. The molecule has 0 unspecified atom stereocenters. The molecule has 8 heteroatoms. The molecule has 1 aromatic heterocycles. The molecular formula is C15H19ClIN6-. The zero-order chi connectivity index (χ0) is 16.1. The van der Waals surface area contributed by atoms with Gasteiger partial charge in [-0.25, -0.2) is 0 Å². The molecule has 2 heterocycles. The second-order valence-corrected chi connectivity index (χ2v) is 7.53. The van der Waals surface area contributed by atoms with E-state index < -0.39 is 0 Å². The van der Waals surface area contributed by atoms with Gasteiger partial charge in [-0.1, -0.05) is 11.6 Å². The van der Waals surface area contributed by atoms with Crippen LogP contribution in [0.5, 0.6) is 0 Å². The first-order valence-electron chi connectivity index (χ1n) is 7.39. The molecule has 0 amide bonds. The second kappa shape index (κ2) is 8.07. The number of hydrazone groups is 1. The molecule has 23 heavy (non-hydrogen) atoms. The van der Waals surface area contributed by atoms with E-state index in [9.17, 15) is 0 Å². The van der Waals surface area contributed by atoms with E-state index in [2.05, 4.69) is 34.5 Å². The molecule has 0 N–H and O–H groups in total. The van der Waals surface area contributed by atoms with Crippen LogP contribution in [0.2, 0.25) is 5.02 Å². The Morgan fingerprint density at radius 1 is 1.22 bits per heavy atom. The molecule has 0 spiro atoms. The number of aromatic nitrogens is 3. The molecule has 6 nitrogen and oxygen atoms in total. The third-order valence-corrected chi connectivity index (χ3v) is 4.73. The van der Waals surface area contributed by atoms with Gasteiger partial charge in [-0.15, -0.1) is 0 Å². The zero-order valence-corrected chi connectivity index (χ0v) is 15.9. The average molecular weight is 446 g/mol. The maximum absolute atomic E-state index is 5.91. The number of hydrogen-bond acceptors (Lipinski definition) is 5. The molecule has 124 valence electrons. The molecule has 1 fully saturated rings. The monoisotopic (exact) mass is 445 g/mol. The predicted octanol–water partition coefficient (Wildman–Crippen LogP) is -1.30. The Balaban J connectivity index is 1.56. The topological polar surface area (TPSA) is 49.5 Å². The number of nitrogens with zero attached hydrogens (tertiary/aromatic N) is 6. The number of hydrogen-bond donors (Lipinski definition) is 0. The van der Waals surface area contributed by atoms with Crippen molar-refractivity contribution in [1.29, 1.82) is 0 Å². The Morgan fingerprint density at radius 3 is 2.65 bits per heavy atom. The van der Waals surface area contributed by atoms with Crippen LogP contribution in [-0.2, 0) is 6.54 Å². The summed E-state index contributed by atoms with van der Waals surface area (Å²) in [6.45, 7) is 4.79. The standard InChI is InChI=1S/C15H19ClIN6/c1-17-12-18-22-8-6-21(7-9-22)10-14-11-23(20-19-14)15-4-2-13(16)3-5-15/h2-5,11-12H,6-10H2,1H3/q-1/b18-12+. The summed E-state index contributed by atoms with van der Waals surface area (Å²) in [5.41, 5.74) is 1.95. The van der Waals surface area contributed by atoms with E-state index in [4.69, 9.17) is 11.6 Å². The maximum atomic E-state index is 5.91. The van der Waals surface area contributed by atoms with Crippen LogP contribution in [0.15, 0.2) is 35.6 Å². The van der Waals surface area contributed by atoms with Crippen LogP contribution in [0, 0.1) is 0 Å². The van der Waals surface area contributed by atoms with Gasteiger partial charge in [0.25, 0.3) is 0 Å². The average Bonchev–Trinajstić information content (AvgIpc) is 3.03. The summed E-state index contributed by atoms with van der Waals surface area (Å²) in [5.74, 6) is 0. The van der Waals surface area contributed by atoms with Crippen molar-refractivity contribution in [1.82, 2.24) is 24.9 Å². The Kier molecular flexibility index (Phi) is 5.85. The van der Waals surface area contributed by atoms with Crippen LogP contribution in [0.3, 0.4) is 0 Å². The van der Waals surface area contributed by atoms with Crippen molar-refractivity contribution >= 4 is 15.8 Å². The van der Waals surface area contributed by atoms with Gasteiger partial charge in [0.05, 0.1) is 0 Å². The molecule has 0 radical (unpaired) electrons. The van der Waals surface area contributed by atoms with Crippen LogP contribution in [0.25, 0.3) is 5.69 Å². The second-order valence-electron chi connectivity index (χ2n) is 5.29. The molecule has 3 rings (SSSR count). The van der Waals surface area contributed by atoms with Crippen LogP contribution in [-0.4, -0.2) is 60.2 Å². The van der Waals surface area contributed by atoms with Gasteiger partial charge in [0, 0.05) is 5.02 Å². The van der Waals surface area contributed by atoms with Gasteiger partial charge in [0.2, 0.25) is 0 Å². The fourth-order valence-electron chi connectivity index (χ4n) is 2.44.